The predicted molar refractivity (Wildman–Crippen MR) is 57.9 cm³/mol. The van der Waals surface area contributed by atoms with Crippen LogP contribution in [0.2, 0.25) is 0 Å². The lowest BCUT2D eigenvalue weighted by Gasteiger charge is -2.20. The van der Waals surface area contributed by atoms with Gasteiger partial charge >= 0.3 is 5.97 Å². The van der Waals surface area contributed by atoms with Gasteiger partial charge < -0.3 is 10.5 Å². The molecule has 0 rings (SSSR count). The smallest absolute Gasteiger partial charge is 0.307 e. The molecule has 0 saturated heterocycles. The summed E-state index contributed by atoms with van der Waals surface area (Å²) in [7, 11) is 0. The fraction of sp³-hybridized carbons (Fsp3) is 0.909. The van der Waals surface area contributed by atoms with Crippen LogP contribution in [-0.2, 0) is 9.53 Å². The van der Waals surface area contributed by atoms with Crippen LogP contribution in [0.3, 0.4) is 0 Å². The Hall–Kier alpha value is -0.570. The van der Waals surface area contributed by atoms with Gasteiger partial charge in [0.1, 0.15) is 0 Å². The number of hydrogen-bond acceptors (Lipinski definition) is 3. The molecule has 0 aromatic heterocycles. The van der Waals surface area contributed by atoms with Crippen LogP contribution in [0, 0.1) is 5.92 Å². The second-order valence-corrected chi connectivity index (χ2v) is 5.10. The summed E-state index contributed by atoms with van der Waals surface area (Å²) in [5, 5.41) is 0. The molecular formula is C11H23NO2. The summed E-state index contributed by atoms with van der Waals surface area (Å²) in [5.41, 5.74) is 5.23. The van der Waals surface area contributed by atoms with Gasteiger partial charge in [0.25, 0.3) is 0 Å². The second kappa shape index (κ2) is 5.35. The van der Waals surface area contributed by atoms with Gasteiger partial charge in [-0.05, 0) is 33.1 Å². The fourth-order valence-electron chi connectivity index (χ4n) is 1.35. The van der Waals surface area contributed by atoms with Crippen LogP contribution in [0.4, 0.5) is 0 Å². The molecule has 0 spiro atoms. The van der Waals surface area contributed by atoms with Crippen LogP contribution in [0.5, 0.6) is 0 Å². The topological polar surface area (TPSA) is 52.3 Å². The van der Waals surface area contributed by atoms with Crippen LogP contribution in [0.15, 0.2) is 0 Å². The predicted octanol–water partition coefficient (Wildman–Crippen LogP) is 2.09. The minimum atomic E-state index is -0.478. The normalized spacial score (nSPS) is 14.2. The Morgan fingerprint density at radius 3 is 2.21 bits per heavy atom. The van der Waals surface area contributed by atoms with E-state index in [0.717, 1.165) is 6.42 Å². The Balaban J connectivity index is 3.83. The number of rotatable bonds is 5. The van der Waals surface area contributed by atoms with E-state index < -0.39 is 5.54 Å². The maximum absolute atomic E-state index is 11.3. The first-order valence-electron chi connectivity index (χ1n) is 5.19. The van der Waals surface area contributed by atoms with Gasteiger partial charge in [-0.1, -0.05) is 13.8 Å². The van der Waals surface area contributed by atoms with E-state index >= 15 is 0 Å². The lowest BCUT2D eigenvalue weighted by atomic mass is 10.0. The van der Waals surface area contributed by atoms with Gasteiger partial charge in [0.15, 0.2) is 0 Å². The maximum atomic E-state index is 11.3. The average Bonchev–Trinajstić information content (AvgIpc) is 1.77. The zero-order valence-corrected chi connectivity index (χ0v) is 9.96. The van der Waals surface area contributed by atoms with Crippen molar-refractivity contribution >= 4 is 5.97 Å². The summed E-state index contributed by atoms with van der Waals surface area (Å²) in [5.74, 6) is 0.342. The average molecular weight is 201 g/mol. The number of hydrogen-bond donors (Lipinski definition) is 1. The molecule has 14 heavy (non-hydrogen) atoms. The third-order valence-corrected chi connectivity index (χ3v) is 1.74. The molecule has 3 nitrogen and oxygen atoms in total. The summed E-state index contributed by atoms with van der Waals surface area (Å²) in [4.78, 5) is 11.3. The van der Waals surface area contributed by atoms with E-state index in [1.807, 2.05) is 20.8 Å². The number of nitrogens with two attached hydrogens (primary N) is 1. The van der Waals surface area contributed by atoms with Crippen molar-refractivity contribution in [3.63, 3.8) is 0 Å². The molecule has 2 N–H and O–H groups in total. The summed E-state index contributed by atoms with van der Waals surface area (Å²) < 4.78 is 5.22. The zero-order valence-electron chi connectivity index (χ0n) is 9.96. The molecule has 0 amide bonds. The lowest BCUT2D eigenvalue weighted by Crippen LogP contribution is -2.36. The molecule has 0 aliphatic rings. The van der Waals surface area contributed by atoms with Crippen molar-refractivity contribution in [2.24, 2.45) is 11.7 Å². The molecule has 0 aliphatic carbocycles. The monoisotopic (exact) mass is 201 g/mol. The molecule has 0 radical (unpaired) electrons. The van der Waals surface area contributed by atoms with Crippen LogP contribution >= 0.6 is 0 Å². The number of esters is 1. The Bertz CT molecular complexity index is 182. The van der Waals surface area contributed by atoms with E-state index in [4.69, 9.17) is 10.5 Å². The molecule has 0 saturated carbocycles. The third kappa shape index (κ3) is 8.05. The highest BCUT2D eigenvalue weighted by Crippen LogP contribution is 2.11. The van der Waals surface area contributed by atoms with E-state index in [1.54, 1.807) is 0 Å². The van der Waals surface area contributed by atoms with Gasteiger partial charge in [0.05, 0.1) is 12.5 Å². The van der Waals surface area contributed by atoms with Crippen LogP contribution in [0.25, 0.3) is 0 Å². The van der Waals surface area contributed by atoms with Gasteiger partial charge in [-0.15, -0.1) is 0 Å². The van der Waals surface area contributed by atoms with E-state index in [-0.39, 0.29) is 18.5 Å². The first-order chi connectivity index (χ1) is 6.20. The van der Waals surface area contributed by atoms with E-state index in [0.29, 0.717) is 5.92 Å². The summed E-state index contributed by atoms with van der Waals surface area (Å²) >= 11 is 0. The number of ether oxygens (including phenoxy) is 1. The second-order valence-electron chi connectivity index (χ2n) is 5.10. The van der Waals surface area contributed by atoms with Crippen molar-refractivity contribution in [1.82, 2.24) is 0 Å². The Morgan fingerprint density at radius 2 is 1.86 bits per heavy atom. The van der Waals surface area contributed by atoms with Gasteiger partial charge in [0.2, 0.25) is 0 Å². The van der Waals surface area contributed by atoms with Crippen molar-refractivity contribution in [2.45, 2.75) is 59.1 Å². The summed E-state index contributed by atoms with van der Waals surface area (Å²) in [6.45, 7) is 9.78. The number of carbonyl (C=O) groups is 1. The van der Waals surface area contributed by atoms with Crippen molar-refractivity contribution in [3.05, 3.63) is 0 Å². The van der Waals surface area contributed by atoms with Crippen LogP contribution < -0.4 is 5.73 Å². The molecular weight excluding hydrogens is 178 g/mol. The minimum Gasteiger partial charge on any atom is -0.463 e. The molecule has 1 unspecified atom stereocenters. The van der Waals surface area contributed by atoms with Gasteiger partial charge in [0, 0.05) is 5.54 Å². The zero-order chi connectivity index (χ0) is 11.4. The van der Waals surface area contributed by atoms with Crippen LogP contribution in [0.1, 0.15) is 47.5 Å². The standard InChI is InChI=1S/C11H23NO2/c1-8(2)6-9(3)14-10(13)7-11(4,5)12/h8-9H,6-7,12H2,1-5H3. The highest BCUT2D eigenvalue weighted by Gasteiger charge is 2.19. The number of carbonyl (C=O) groups excluding carboxylic acids is 1. The Morgan fingerprint density at radius 1 is 1.36 bits per heavy atom. The maximum Gasteiger partial charge on any atom is 0.307 e. The molecule has 0 aromatic carbocycles. The largest absolute Gasteiger partial charge is 0.463 e. The van der Waals surface area contributed by atoms with Crippen molar-refractivity contribution in [2.75, 3.05) is 0 Å². The molecule has 0 aliphatic heterocycles. The van der Waals surface area contributed by atoms with E-state index in [1.165, 1.54) is 0 Å². The minimum absolute atomic E-state index is 0.00940. The molecule has 0 aromatic rings. The summed E-state index contributed by atoms with van der Waals surface area (Å²) in [6.07, 6.45) is 1.16. The quantitative estimate of drug-likeness (QED) is 0.693. The highest BCUT2D eigenvalue weighted by molar-refractivity contribution is 5.70. The highest BCUT2D eigenvalue weighted by atomic mass is 16.5. The Labute approximate surface area is 87.0 Å². The van der Waals surface area contributed by atoms with E-state index in [2.05, 4.69) is 13.8 Å². The van der Waals surface area contributed by atoms with Crippen LogP contribution in [-0.4, -0.2) is 17.6 Å². The first-order valence-corrected chi connectivity index (χ1v) is 5.19. The van der Waals surface area contributed by atoms with E-state index in [9.17, 15) is 4.79 Å². The van der Waals surface area contributed by atoms with Crippen molar-refractivity contribution in [1.29, 1.82) is 0 Å². The molecule has 84 valence electrons. The van der Waals surface area contributed by atoms with Crippen molar-refractivity contribution < 1.29 is 9.53 Å². The van der Waals surface area contributed by atoms with Gasteiger partial charge in [-0.2, -0.15) is 0 Å². The Kier molecular flexibility index (Phi) is 5.13. The molecule has 0 heterocycles. The molecule has 1 atom stereocenters. The fourth-order valence-corrected chi connectivity index (χ4v) is 1.35. The molecule has 3 heteroatoms. The lowest BCUT2D eigenvalue weighted by molar-refractivity contribution is -0.150. The first kappa shape index (κ1) is 13.4. The van der Waals surface area contributed by atoms with Gasteiger partial charge in [-0.25, -0.2) is 0 Å². The third-order valence-electron chi connectivity index (χ3n) is 1.74. The van der Waals surface area contributed by atoms with Gasteiger partial charge in [-0.3, -0.25) is 4.79 Å². The van der Waals surface area contributed by atoms with Crippen molar-refractivity contribution in [3.8, 4) is 0 Å². The summed E-state index contributed by atoms with van der Waals surface area (Å²) in [6, 6.07) is 0. The molecule has 0 fully saturated rings. The molecule has 0 bridgehead atoms. The SMILES string of the molecule is CC(C)CC(C)OC(=O)CC(C)(C)N.